The highest BCUT2D eigenvalue weighted by Gasteiger charge is 2.39. The molecule has 0 amide bonds. The summed E-state index contributed by atoms with van der Waals surface area (Å²) in [5.41, 5.74) is 7.85. The van der Waals surface area contributed by atoms with Gasteiger partial charge in [0.1, 0.15) is 0 Å². The number of methoxy groups -OCH3 is 1. The van der Waals surface area contributed by atoms with Crippen molar-refractivity contribution in [2.45, 2.75) is 31.3 Å². The molecule has 4 nitrogen and oxygen atoms in total. The molecule has 0 atom stereocenters. The van der Waals surface area contributed by atoms with Crippen molar-refractivity contribution in [1.82, 2.24) is 5.16 Å². The van der Waals surface area contributed by atoms with Crippen molar-refractivity contribution in [3.05, 3.63) is 33.9 Å². The normalized spacial score (nSPS) is 16.7. The van der Waals surface area contributed by atoms with Gasteiger partial charge in [-0.3, -0.25) is 0 Å². The minimum Gasteiger partial charge on any atom is -0.378 e. The molecular formula is C15H16Cl2N2O2. The van der Waals surface area contributed by atoms with Crippen molar-refractivity contribution in [2.75, 3.05) is 12.8 Å². The molecule has 1 aliphatic carbocycles. The van der Waals surface area contributed by atoms with Crippen LogP contribution in [-0.4, -0.2) is 17.9 Å². The number of aromatic nitrogens is 1. The molecule has 112 valence electrons. The smallest absolute Gasteiger partial charge is 0.230 e. The number of ether oxygens (including phenoxy) is 1. The number of nitrogens with zero attached hydrogens (tertiary/aromatic N) is 1. The van der Waals surface area contributed by atoms with Crippen molar-refractivity contribution in [3.8, 4) is 11.1 Å². The fourth-order valence-electron chi connectivity index (χ4n) is 2.79. The highest BCUT2D eigenvalue weighted by atomic mass is 35.5. The van der Waals surface area contributed by atoms with Crippen LogP contribution in [0.1, 0.15) is 25.0 Å². The molecule has 1 heterocycles. The number of rotatable bonds is 4. The van der Waals surface area contributed by atoms with Crippen molar-refractivity contribution in [2.24, 2.45) is 0 Å². The maximum Gasteiger partial charge on any atom is 0.230 e. The summed E-state index contributed by atoms with van der Waals surface area (Å²) < 4.78 is 10.8. The highest BCUT2D eigenvalue weighted by molar-refractivity contribution is 6.39. The van der Waals surface area contributed by atoms with Crippen molar-refractivity contribution < 1.29 is 9.26 Å². The molecule has 1 aromatic heterocycles. The molecule has 1 aliphatic rings. The number of nitrogen functional groups attached to an aromatic ring is 1. The first-order chi connectivity index (χ1) is 10.1. The lowest BCUT2D eigenvalue weighted by Crippen LogP contribution is -2.41. The van der Waals surface area contributed by atoms with Crippen LogP contribution in [0.2, 0.25) is 10.0 Å². The molecule has 6 heteroatoms. The number of hydrogen-bond acceptors (Lipinski definition) is 4. The van der Waals surface area contributed by atoms with E-state index in [1.54, 1.807) is 25.3 Å². The largest absolute Gasteiger partial charge is 0.378 e. The number of hydrogen-bond donors (Lipinski definition) is 1. The van der Waals surface area contributed by atoms with Gasteiger partial charge in [0, 0.05) is 19.1 Å². The van der Waals surface area contributed by atoms with E-state index in [0.29, 0.717) is 27.6 Å². The third-order valence-electron chi connectivity index (χ3n) is 4.19. The van der Waals surface area contributed by atoms with Gasteiger partial charge in [-0.05, 0) is 31.4 Å². The summed E-state index contributed by atoms with van der Waals surface area (Å²) in [4.78, 5) is 0. The molecule has 1 aromatic carbocycles. The molecule has 0 radical (unpaired) electrons. The number of nitrogens with two attached hydrogens (primary N) is 1. The quantitative estimate of drug-likeness (QED) is 0.907. The van der Waals surface area contributed by atoms with Gasteiger partial charge in [0.2, 0.25) is 5.88 Å². The first kappa shape index (κ1) is 14.7. The van der Waals surface area contributed by atoms with E-state index in [0.717, 1.165) is 25.0 Å². The van der Waals surface area contributed by atoms with Crippen LogP contribution in [0.3, 0.4) is 0 Å². The second-order valence-electron chi connectivity index (χ2n) is 5.38. The summed E-state index contributed by atoms with van der Waals surface area (Å²) >= 11 is 12.6. The van der Waals surface area contributed by atoms with Crippen LogP contribution in [0.4, 0.5) is 5.88 Å². The minimum absolute atomic E-state index is 0.175. The SMILES string of the molecule is COC1(Cc2noc(N)c2-c2c(Cl)cccc2Cl)CCC1. The molecule has 2 aromatic rings. The summed E-state index contributed by atoms with van der Waals surface area (Å²) in [5.74, 6) is 0.227. The Balaban J connectivity index is 2.05. The Labute approximate surface area is 133 Å². The average Bonchev–Trinajstić information content (AvgIpc) is 2.76. The van der Waals surface area contributed by atoms with E-state index in [1.807, 2.05) is 0 Å². The Morgan fingerprint density at radius 2 is 1.95 bits per heavy atom. The Morgan fingerprint density at radius 3 is 2.48 bits per heavy atom. The summed E-state index contributed by atoms with van der Waals surface area (Å²) in [6.45, 7) is 0. The minimum atomic E-state index is -0.175. The fourth-order valence-corrected chi connectivity index (χ4v) is 3.38. The second kappa shape index (κ2) is 5.52. The molecule has 1 saturated carbocycles. The number of benzene rings is 1. The lowest BCUT2D eigenvalue weighted by molar-refractivity contribution is -0.0717. The maximum atomic E-state index is 6.28. The molecule has 0 saturated heterocycles. The van der Waals surface area contributed by atoms with E-state index in [-0.39, 0.29) is 11.5 Å². The lowest BCUT2D eigenvalue weighted by Gasteiger charge is -2.40. The van der Waals surface area contributed by atoms with Gasteiger partial charge in [0.05, 0.1) is 26.9 Å². The van der Waals surface area contributed by atoms with E-state index in [9.17, 15) is 0 Å². The van der Waals surface area contributed by atoms with E-state index in [2.05, 4.69) is 5.16 Å². The second-order valence-corrected chi connectivity index (χ2v) is 6.20. The van der Waals surface area contributed by atoms with Crippen LogP contribution in [0.15, 0.2) is 22.7 Å². The van der Waals surface area contributed by atoms with Gasteiger partial charge in [-0.25, -0.2) is 0 Å². The zero-order chi connectivity index (χ0) is 15.0. The van der Waals surface area contributed by atoms with Crippen LogP contribution in [0, 0.1) is 0 Å². The van der Waals surface area contributed by atoms with Crippen LogP contribution in [0.5, 0.6) is 0 Å². The molecular weight excluding hydrogens is 311 g/mol. The van der Waals surface area contributed by atoms with E-state index >= 15 is 0 Å². The van der Waals surface area contributed by atoms with Gasteiger partial charge in [0.15, 0.2) is 0 Å². The number of anilines is 1. The lowest BCUT2D eigenvalue weighted by atomic mass is 9.76. The van der Waals surface area contributed by atoms with Gasteiger partial charge < -0.3 is 15.0 Å². The van der Waals surface area contributed by atoms with E-state index < -0.39 is 0 Å². The topological polar surface area (TPSA) is 61.3 Å². The Bertz CT molecular complexity index is 640. The molecule has 0 unspecified atom stereocenters. The third kappa shape index (κ3) is 2.52. The number of halogens is 2. The van der Waals surface area contributed by atoms with Crippen molar-refractivity contribution in [3.63, 3.8) is 0 Å². The zero-order valence-electron chi connectivity index (χ0n) is 11.7. The highest BCUT2D eigenvalue weighted by Crippen LogP contribution is 2.44. The molecule has 1 fully saturated rings. The Hall–Kier alpha value is -1.23. The Kier molecular flexibility index (Phi) is 3.86. The average molecular weight is 327 g/mol. The van der Waals surface area contributed by atoms with Crippen LogP contribution in [-0.2, 0) is 11.2 Å². The van der Waals surface area contributed by atoms with Gasteiger partial charge in [-0.2, -0.15) is 0 Å². The van der Waals surface area contributed by atoms with Crippen LogP contribution < -0.4 is 5.73 Å². The first-order valence-electron chi connectivity index (χ1n) is 6.80. The Morgan fingerprint density at radius 1 is 1.29 bits per heavy atom. The molecule has 0 bridgehead atoms. The summed E-state index contributed by atoms with van der Waals surface area (Å²) in [5, 5.41) is 5.15. The summed E-state index contributed by atoms with van der Waals surface area (Å²) in [7, 11) is 1.73. The first-order valence-corrected chi connectivity index (χ1v) is 7.55. The monoisotopic (exact) mass is 326 g/mol. The fraction of sp³-hybridized carbons (Fsp3) is 0.400. The van der Waals surface area contributed by atoms with Crippen LogP contribution >= 0.6 is 23.2 Å². The maximum absolute atomic E-state index is 6.28. The van der Waals surface area contributed by atoms with Gasteiger partial charge in [-0.15, -0.1) is 0 Å². The van der Waals surface area contributed by atoms with Gasteiger partial charge >= 0.3 is 0 Å². The zero-order valence-corrected chi connectivity index (χ0v) is 13.2. The summed E-state index contributed by atoms with van der Waals surface area (Å²) in [6.07, 6.45) is 3.81. The molecule has 0 spiro atoms. The van der Waals surface area contributed by atoms with Crippen molar-refractivity contribution in [1.29, 1.82) is 0 Å². The summed E-state index contributed by atoms with van der Waals surface area (Å²) in [6, 6.07) is 5.34. The molecule has 0 aliphatic heterocycles. The molecule has 21 heavy (non-hydrogen) atoms. The predicted molar refractivity (Wildman–Crippen MR) is 83.7 cm³/mol. The third-order valence-corrected chi connectivity index (χ3v) is 4.82. The molecule has 2 N–H and O–H groups in total. The van der Waals surface area contributed by atoms with Gasteiger partial charge in [-0.1, -0.05) is 34.4 Å². The van der Waals surface area contributed by atoms with E-state index in [4.69, 9.17) is 38.2 Å². The standard InChI is InChI=1S/C15H16Cl2N2O2/c1-20-15(6-3-7-15)8-11-13(14(18)21-19-11)12-9(16)4-2-5-10(12)17/h2,4-5H,3,6-8,18H2,1H3. The van der Waals surface area contributed by atoms with Gasteiger partial charge in [0.25, 0.3) is 0 Å². The van der Waals surface area contributed by atoms with E-state index in [1.165, 1.54) is 0 Å². The van der Waals surface area contributed by atoms with Crippen molar-refractivity contribution >= 4 is 29.1 Å². The predicted octanol–water partition coefficient (Wildman–Crippen LogP) is 4.34. The molecule has 3 rings (SSSR count). The van der Waals surface area contributed by atoms with Crippen LogP contribution in [0.25, 0.3) is 11.1 Å².